The molecule has 2 rings (SSSR count). The third kappa shape index (κ3) is 2.04. The predicted molar refractivity (Wildman–Crippen MR) is 62.9 cm³/mol. The molecule has 2 aromatic rings. The average Bonchev–Trinajstić information content (AvgIpc) is 2.29. The summed E-state index contributed by atoms with van der Waals surface area (Å²) in [5.74, 6) is 0.401. The van der Waals surface area contributed by atoms with Crippen LogP contribution < -0.4 is 11.1 Å². The van der Waals surface area contributed by atoms with E-state index >= 15 is 0 Å². The van der Waals surface area contributed by atoms with E-state index in [1.165, 1.54) is 0 Å². The number of hydrogen-bond donors (Lipinski definition) is 2. The van der Waals surface area contributed by atoms with Gasteiger partial charge in [0.15, 0.2) is 5.96 Å². The highest BCUT2D eigenvalue weighted by atomic mass is 15.1. The lowest BCUT2D eigenvalue weighted by atomic mass is 10.2. The molecule has 0 bridgehead atoms. The quantitative estimate of drug-likeness (QED) is 0.542. The number of nitrogens with two attached hydrogens (primary N) is 1. The van der Waals surface area contributed by atoms with Crippen LogP contribution in [-0.4, -0.2) is 18.0 Å². The highest BCUT2D eigenvalue weighted by Crippen LogP contribution is 2.16. The molecular weight excluding hydrogens is 188 g/mol. The van der Waals surface area contributed by atoms with E-state index in [0.717, 1.165) is 16.6 Å². The lowest BCUT2D eigenvalue weighted by molar-refractivity contribution is 1.38. The van der Waals surface area contributed by atoms with Crippen molar-refractivity contribution < 1.29 is 0 Å². The number of guanidine groups is 1. The Hall–Kier alpha value is -2.10. The van der Waals surface area contributed by atoms with Crippen LogP contribution in [0.5, 0.6) is 0 Å². The van der Waals surface area contributed by atoms with Crippen LogP contribution in [0.3, 0.4) is 0 Å². The number of nitrogens with zero attached hydrogens (tertiary/aromatic N) is 2. The van der Waals surface area contributed by atoms with Crippen LogP contribution in [-0.2, 0) is 0 Å². The first-order valence-electron chi connectivity index (χ1n) is 4.63. The van der Waals surface area contributed by atoms with Crippen molar-refractivity contribution in [2.45, 2.75) is 0 Å². The number of aromatic nitrogens is 1. The van der Waals surface area contributed by atoms with E-state index in [9.17, 15) is 0 Å². The molecule has 0 atom stereocenters. The van der Waals surface area contributed by atoms with E-state index < -0.39 is 0 Å². The van der Waals surface area contributed by atoms with Gasteiger partial charge < -0.3 is 11.1 Å². The van der Waals surface area contributed by atoms with Crippen molar-refractivity contribution in [2.24, 2.45) is 10.7 Å². The summed E-state index contributed by atoms with van der Waals surface area (Å²) in [5, 5.41) is 4.06. The summed E-state index contributed by atoms with van der Waals surface area (Å²) < 4.78 is 0. The predicted octanol–water partition coefficient (Wildman–Crippen LogP) is 1.59. The molecule has 0 spiro atoms. The van der Waals surface area contributed by atoms with Gasteiger partial charge in [-0.3, -0.25) is 9.98 Å². The van der Waals surface area contributed by atoms with Crippen LogP contribution in [0, 0.1) is 0 Å². The lowest BCUT2D eigenvalue weighted by Crippen LogP contribution is -2.21. The van der Waals surface area contributed by atoms with Crippen molar-refractivity contribution in [3.8, 4) is 0 Å². The van der Waals surface area contributed by atoms with Gasteiger partial charge in [-0.25, -0.2) is 0 Å². The molecule has 1 aromatic carbocycles. The van der Waals surface area contributed by atoms with E-state index in [1.807, 2.05) is 30.3 Å². The number of pyridine rings is 1. The summed E-state index contributed by atoms with van der Waals surface area (Å²) in [6, 6.07) is 9.77. The minimum absolute atomic E-state index is 0.401. The molecule has 0 aliphatic heterocycles. The highest BCUT2D eigenvalue weighted by Gasteiger charge is 1.97. The second-order valence-electron chi connectivity index (χ2n) is 3.14. The van der Waals surface area contributed by atoms with Crippen LogP contribution in [0.1, 0.15) is 0 Å². The van der Waals surface area contributed by atoms with Gasteiger partial charge in [0.25, 0.3) is 0 Å². The Morgan fingerprint density at radius 3 is 3.07 bits per heavy atom. The Balaban J connectivity index is 2.39. The standard InChI is InChI=1S/C11H12N4/c1-13-11(12)15-9-4-5-10-8(7-9)3-2-6-14-10/h2-7H,1H3,(H3,12,13,15). The summed E-state index contributed by atoms with van der Waals surface area (Å²) >= 11 is 0. The molecule has 1 aromatic heterocycles. The first-order chi connectivity index (χ1) is 7.29. The first kappa shape index (κ1) is 9.45. The molecule has 4 nitrogen and oxygen atoms in total. The van der Waals surface area contributed by atoms with Crippen molar-refractivity contribution >= 4 is 22.5 Å². The SMILES string of the molecule is CN=C(N)Nc1ccc2ncccc2c1. The number of aliphatic imine (C=N–C) groups is 1. The second kappa shape index (κ2) is 3.96. The third-order valence-corrected chi connectivity index (χ3v) is 2.12. The Morgan fingerprint density at radius 1 is 1.40 bits per heavy atom. The molecule has 1 heterocycles. The second-order valence-corrected chi connectivity index (χ2v) is 3.14. The maximum atomic E-state index is 5.57. The third-order valence-electron chi connectivity index (χ3n) is 2.12. The minimum atomic E-state index is 0.401. The van der Waals surface area contributed by atoms with E-state index in [0.29, 0.717) is 5.96 Å². The summed E-state index contributed by atoms with van der Waals surface area (Å²) in [4.78, 5) is 8.06. The monoisotopic (exact) mass is 200 g/mol. The van der Waals surface area contributed by atoms with E-state index in [4.69, 9.17) is 5.73 Å². The maximum Gasteiger partial charge on any atom is 0.192 e. The Morgan fingerprint density at radius 2 is 2.27 bits per heavy atom. The van der Waals surface area contributed by atoms with Crippen molar-refractivity contribution in [2.75, 3.05) is 12.4 Å². The fraction of sp³-hybridized carbons (Fsp3) is 0.0909. The fourth-order valence-corrected chi connectivity index (χ4v) is 1.36. The van der Waals surface area contributed by atoms with E-state index in [2.05, 4.69) is 15.3 Å². The van der Waals surface area contributed by atoms with Gasteiger partial charge in [0.05, 0.1) is 5.52 Å². The molecular formula is C11H12N4. The highest BCUT2D eigenvalue weighted by molar-refractivity contribution is 5.94. The topological polar surface area (TPSA) is 63.3 Å². The largest absolute Gasteiger partial charge is 0.370 e. The summed E-state index contributed by atoms with van der Waals surface area (Å²) in [7, 11) is 1.64. The summed E-state index contributed by atoms with van der Waals surface area (Å²) in [6.45, 7) is 0. The number of nitrogens with one attached hydrogen (secondary N) is 1. The molecule has 15 heavy (non-hydrogen) atoms. The van der Waals surface area contributed by atoms with Crippen molar-refractivity contribution in [1.29, 1.82) is 0 Å². The van der Waals surface area contributed by atoms with Gasteiger partial charge in [-0.1, -0.05) is 6.07 Å². The smallest absolute Gasteiger partial charge is 0.192 e. The molecule has 0 saturated carbocycles. The number of rotatable bonds is 1. The summed E-state index contributed by atoms with van der Waals surface area (Å²) in [6.07, 6.45) is 1.78. The number of benzene rings is 1. The van der Waals surface area contributed by atoms with Gasteiger partial charge in [-0.05, 0) is 24.3 Å². The van der Waals surface area contributed by atoms with Gasteiger partial charge in [-0.2, -0.15) is 0 Å². The molecule has 0 aliphatic carbocycles. The van der Waals surface area contributed by atoms with Crippen molar-refractivity contribution in [1.82, 2.24) is 4.98 Å². The number of fused-ring (bicyclic) bond motifs is 1. The lowest BCUT2D eigenvalue weighted by Gasteiger charge is -2.05. The van der Waals surface area contributed by atoms with Crippen molar-refractivity contribution in [3.05, 3.63) is 36.5 Å². The maximum absolute atomic E-state index is 5.57. The molecule has 3 N–H and O–H groups in total. The van der Waals surface area contributed by atoms with E-state index in [1.54, 1.807) is 13.2 Å². The first-order valence-corrected chi connectivity index (χ1v) is 4.63. The zero-order valence-electron chi connectivity index (χ0n) is 8.44. The van der Waals surface area contributed by atoms with Gasteiger partial charge in [0, 0.05) is 24.3 Å². The van der Waals surface area contributed by atoms with Crippen LogP contribution in [0.25, 0.3) is 10.9 Å². The van der Waals surface area contributed by atoms with Crippen molar-refractivity contribution in [3.63, 3.8) is 0 Å². The molecule has 0 fully saturated rings. The molecule has 0 unspecified atom stereocenters. The van der Waals surface area contributed by atoms with Crippen LogP contribution in [0.4, 0.5) is 5.69 Å². The number of anilines is 1. The molecule has 0 radical (unpaired) electrons. The van der Waals surface area contributed by atoms with E-state index in [-0.39, 0.29) is 0 Å². The zero-order chi connectivity index (χ0) is 10.7. The van der Waals surface area contributed by atoms with Crippen LogP contribution in [0.2, 0.25) is 0 Å². The normalized spacial score (nSPS) is 11.7. The Labute approximate surface area is 87.8 Å². The zero-order valence-corrected chi connectivity index (χ0v) is 8.44. The van der Waals surface area contributed by atoms with Crippen LogP contribution in [0.15, 0.2) is 41.5 Å². The molecule has 0 aliphatic rings. The average molecular weight is 200 g/mol. The van der Waals surface area contributed by atoms with Gasteiger partial charge in [0.2, 0.25) is 0 Å². The molecule has 0 saturated heterocycles. The van der Waals surface area contributed by atoms with Gasteiger partial charge in [-0.15, -0.1) is 0 Å². The minimum Gasteiger partial charge on any atom is -0.370 e. The van der Waals surface area contributed by atoms with Crippen LogP contribution >= 0.6 is 0 Å². The summed E-state index contributed by atoms with van der Waals surface area (Å²) in [5.41, 5.74) is 7.46. The van der Waals surface area contributed by atoms with Gasteiger partial charge in [0.1, 0.15) is 0 Å². The fourth-order valence-electron chi connectivity index (χ4n) is 1.36. The van der Waals surface area contributed by atoms with Gasteiger partial charge >= 0.3 is 0 Å². The molecule has 4 heteroatoms. The number of hydrogen-bond acceptors (Lipinski definition) is 2. The molecule has 0 amide bonds. The Kier molecular flexibility index (Phi) is 2.49. The Bertz CT molecular complexity index is 505. The molecule has 76 valence electrons.